The number of carbonyl (C=O) groups is 2. The predicted molar refractivity (Wildman–Crippen MR) is 86.7 cm³/mol. The van der Waals surface area contributed by atoms with E-state index < -0.39 is 17.8 Å². The molecule has 0 heterocycles. The highest BCUT2D eigenvalue weighted by Gasteiger charge is 2.32. The van der Waals surface area contributed by atoms with Crippen LogP contribution in [0.3, 0.4) is 0 Å². The van der Waals surface area contributed by atoms with Crippen LogP contribution in [0.1, 0.15) is 20.3 Å². The monoisotopic (exact) mass is 328 g/mol. The van der Waals surface area contributed by atoms with Crippen molar-refractivity contribution in [2.75, 3.05) is 24.8 Å². The number of anilines is 2. The Morgan fingerprint density at radius 1 is 1.45 bits per heavy atom. The number of benzene rings is 1. The van der Waals surface area contributed by atoms with Gasteiger partial charge in [0.2, 0.25) is 0 Å². The SMILES string of the molecule is CNc1ccc(NC(=O)O[C@@H](CC=O)C(C)(C)OC)c(Cl)c1. The standard InChI is InChI=1S/C15H21ClN2O4/c1-15(2,21-4)13(7-8-19)22-14(20)18-12-6-5-10(17-3)9-11(12)16/h5-6,8-9,13,17H,7H2,1-4H3,(H,18,20)/t13-/m0/s1. The second kappa shape index (κ2) is 8.00. The smallest absolute Gasteiger partial charge is 0.412 e. The first-order valence-corrected chi connectivity index (χ1v) is 7.15. The van der Waals surface area contributed by atoms with E-state index in [4.69, 9.17) is 21.1 Å². The number of hydrogen-bond donors (Lipinski definition) is 2. The van der Waals surface area contributed by atoms with Crippen molar-refractivity contribution in [3.63, 3.8) is 0 Å². The largest absolute Gasteiger partial charge is 0.442 e. The Hall–Kier alpha value is -1.79. The molecule has 0 aliphatic carbocycles. The Kier molecular flexibility index (Phi) is 6.64. The molecule has 0 radical (unpaired) electrons. The van der Waals surface area contributed by atoms with Crippen molar-refractivity contribution in [3.05, 3.63) is 23.2 Å². The summed E-state index contributed by atoms with van der Waals surface area (Å²) in [6.45, 7) is 3.48. The van der Waals surface area contributed by atoms with Crippen molar-refractivity contribution in [2.24, 2.45) is 0 Å². The summed E-state index contributed by atoms with van der Waals surface area (Å²) in [5.41, 5.74) is 0.465. The normalized spacial score (nSPS) is 12.4. The molecule has 1 rings (SSSR count). The van der Waals surface area contributed by atoms with E-state index in [-0.39, 0.29) is 6.42 Å². The van der Waals surface area contributed by atoms with Crippen molar-refractivity contribution in [3.8, 4) is 0 Å². The predicted octanol–water partition coefficient (Wildman–Crippen LogP) is 3.31. The third-order valence-electron chi connectivity index (χ3n) is 3.36. The summed E-state index contributed by atoms with van der Waals surface area (Å²) < 4.78 is 10.5. The minimum Gasteiger partial charge on any atom is -0.442 e. The summed E-state index contributed by atoms with van der Waals surface area (Å²) in [7, 11) is 3.26. The molecule has 0 saturated carbocycles. The van der Waals surface area contributed by atoms with Crippen LogP contribution < -0.4 is 10.6 Å². The number of amides is 1. The van der Waals surface area contributed by atoms with Gasteiger partial charge in [-0.1, -0.05) is 11.6 Å². The molecule has 1 amide bonds. The van der Waals surface area contributed by atoms with Crippen molar-refractivity contribution in [1.29, 1.82) is 0 Å². The average molecular weight is 329 g/mol. The van der Waals surface area contributed by atoms with Crippen molar-refractivity contribution in [1.82, 2.24) is 0 Å². The second-order valence-electron chi connectivity index (χ2n) is 5.17. The van der Waals surface area contributed by atoms with Crippen LogP contribution in [0.4, 0.5) is 16.2 Å². The van der Waals surface area contributed by atoms with E-state index in [1.54, 1.807) is 39.1 Å². The summed E-state index contributed by atoms with van der Waals surface area (Å²) >= 11 is 6.08. The first-order chi connectivity index (χ1) is 10.3. The lowest BCUT2D eigenvalue weighted by atomic mass is 9.99. The number of methoxy groups -OCH3 is 1. The van der Waals surface area contributed by atoms with Crippen molar-refractivity contribution in [2.45, 2.75) is 32.0 Å². The number of carbonyl (C=O) groups excluding carboxylic acids is 2. The molecule has 122 valence electrons. The molecule has 6 nitrogen and oxygen atoms in total. The maximum absolute atomic E-state index is 12.0. The van der Waals surface area contributed by atoms with E-state index in [1.165, 1.54) is 7.11 Å². The van der Waals surface area contributed by atoms with Gasteiger partial charge >= 0.3 is 6.09 Å². The molecule has 1 aromatic carbocycles. The molecule has 0 saturated heterocycles. The number of hydrogen-bond acceptors (Lipinski definition) is 5. The minimum absolute atomic E-state index is 0.0423. The van der Waals surface area contributed by atoms with Gasteiger partial charge in [-0.3, -0.25) is 5.32 Å². The zero-order chi connectivity index (χ0) is 16.8. The van der Waals surface area contributed by atoms with Crippen LogP contribution in [0, 0.1) is 0 Å². The summed E-state index contributed by atoms with van der Waals surface area (Å²) in [6.07, 6.45) is -0.671. The average Bonchev–Trinajstić information content (AvgIpc) is 2.48. The Morgan fingerprint density at radius 3 is 2.64 bits per heavy atom. The van der Waals surface area contributed by atoms with Gasteiger partial charge in [0, 0.05) is 26.3 Å². The third-order valence-corrected chi connectivity index (χ3v) is 3.67. The summed E-state index contributed by atoms with van der Waals surface area (Å²) in [4.78, 5) is 22.7. The number of halogens is 1. The fourth-order valence-electron chi connectivity index (χ4n) is 1.73. The van der Waals surface area contributed by atoms with Crippen molar-refractivity contribution < 1.29 is 19.1 Å². The first kappa shape index (κ1) is 18.3. The molecule has 22 heavy (non-hydrogen) atoms. The highest BCUT2D eigenvalue weighted by atomic mass is 35.5. The van der Waals surface area contributed by atoms with Gasteiger partial charge in [-0.05, 0) is 32.0 Å². The molecule has 0 fully saturated rings. The molecule has 0 aliphatic rings. The van der Waals surface area contributed by atoms with Gasteiger partial charge in [0.05, 0.1) is 16.3 Å². The van der Waals surface area contributed by atoms with Crippen LogP contribution >= 0.6 is 11.6 Å². The Bertz CT molecular complexity index is 534. The fraction of sp³-hybridized carbons (Fsp3) is 0.467. The number of aldehydes is 1. The maximum atomic E-state index is 12.0. The summed E-state index contributed by atoms with van der Waals surface area (Å²) in [5, 5.41) is 5.87. The molecule has 0 unspecified atom stereocenters. The number of nitrogens with one attached hydrogen (secondary N) is 2. The lowest BCUT2D eigenvalue weighted by Gasteiger charge is -2.31. The van der Waals surface area contributed by atoms with Crippen LogP contribution in [-0.4, -0.2) is 38.2 Å². The fourth-order valence-corrected chi connectivity index (χ4v) is 1.96. The maximum Gasteiger partial charge on any atom is 0.412 e. The molecule has 0 aliphatic heterocycles. The van der Waals surface area contributed by atoms with Gasteiger partial charge in [0.25, 0.3) is 0 Å². The zero-order valence-electron chi connectivity index (χ0n) is 13.1. The van der Waals surface area contributed by atoms with Crippen LogP contribution in [0.25, 0.3) is 0 Å². The lowest BCUT2D eigenvalue weighted by Crippen LogP contribution is -2.42. The molecular formula is C15H21ClN2O4. The number of rotatable bonds is 7. The lowest BCUT2D eigenvalue weighted by molar-refractivity contribution is -0.117. The van der Waals surface area contributed by atoms with E-state index in [1.807, 2.05) is 0 Å². The summed E-state index contributed by atoms with van der Waals surface area (Å²) in [6, 6.07) is 5.11. The van der Waals surface area contributed by atoms with Crippen LogP contribution in [-0.2, 0) is 14.3 Å². The molecule has 0 aromatic heterocycles. The van der Waals surface area contributed by atoms with Gasteiger partial charge < -0.3 is 19.6 Å². The molecule has 0 spiro atoms. The Labute approximate surface area is 135 Å². The molecule has 1 aromatic rings. The first-order valence-electron chi connectivity index (χ1n) is 6.77. The van der Waals surface area contributed by atoms with Gasteiger partial charge in [-0.2, -0.15) is 0 Å². The Balaban J connectivity index is 2.77. The minimum atomic E-state index is -0.780. The zero-order valence-corrected chi connectivity index (χ0v) is 13.9. The second-order valence-corrected chi connectivity index (χ2v) is 5.58. The van der Waals surface area contributed by atoms with E-state index in [0.29, 0.717) is 17.0 Å². The van der Waals surface area contributed by atoms with Crippen LogP contribution in [0.15, 0.2) is 18.2 Å². The topological polar surface area (TPSA) is 76.7 Å². The van der Waals surface area contributed by atoms with Crippen LogP contribution in [0.5, 0.6) is 0 Å². The van der Waals surface area contributed by atoms with E-state index in [0.717, 1.165) is 5.69 Å². The molecule has 1 atom stereocenters. The van der Waals surface area contributed by atoms with Gasteiger partial charge in [0.1, 0.15) is 12.4 Å². The van der Waals surface area contributed by atoms with Gasteiger partial charge in [-0.25, -0.2) is 4.79 Å². The highest BCUT2D eigenvalue weighted by Crippen LogP contribution is 2.26. The molecular weight excluding hydrogens is 308 g/mol. The summed E-state index contributed by atoms with van der Waals surface area (Å²) in [5.74, 6) is 0. The van der Waals surface area contributed by atoms with Crippen molar-refractivity contribution >= 4 is 35.4 Å². The quantitative estimate of drug-likeness (QED) is 0.751. The number of ether oxygens (including phenoxy) is 2. The van der Waals surface area contributed by atoms with E-state index in [2.05, 4.69) is 10.6 Å². The molecule has 7 heteroatoms. The van der Waals surface area contributed by atoms with Crippen LogP contribution in [0.2, 0.25) is 5.02 Å². The van der Waals surface area contributed by atoms with E-state index in [9.17, 15) is 9.59 Å². The van der Waals surface area contributed by atoms with Gasteiger partial charge in [0.15, 0.2) is 0 Å². The Morgan fingerprint density at radius 2 is 2.14 bits per heavy atom. The third kappa shape index (κ3) is 4.89. The van der Waals surface area contributed by atoms with Gasteiger partial charge in [-0.15, -0.1) is 0 Å². The highest BCUT2D eigenvalue weighted by molar-refractivity contribution is 6.33. The molecule has 2 N–H and O–H groups in total. The molecule has 0 bridgehead atoms. The van der Waals surface area contributed by atoms with E-state index >= 15 is 0 Å².